The van der Waals surface area contributed by atoms with Gasteiger partial charge in [0.15, 0.2) is 0 Å². The minimum atomic E-state index is -0.530. The highest BCUT2D eigenvalue weighted by Crippen LogP contribution is 2.31. The Bertz CT molecular complexity index is 538. The van der Waals surface area contributed by atoms with E-state index in [9.17, 15) is 19.1 Å². The molecule has 1 amide bonds. The number of carbonyl (C=O) groups is 2. The van der Waals surface area contributed by atoms with Crippen LogP contribution < -0.4 is 5.32 Å². The molecule has 0 spiro atoms. The maximum Gasteiger partial charge on any atom is 0.308 e. The third-order valence-electron chi connectivity index (χ3n) is 3.85. The predicted molar refractivity (Wildman–Crippen MR) is 74.2 cm³/mol. The monoisotopic (exact) mass is 295 g/mol. The van der Waals surface area contributed by atoms with Gasteiger partial charge >= 0.3 is 5.97 Å². The van der Waals surface area contributed by atoms with Gasteiger partial charge in [-0.2, -0.15) is 0 Å². The van der Waals surface area contributed by atoms with E-state index in [4.69, 9.17) is 4.74 Å². The number of benzene rings is 1. The maximum atomic E-state index is 13.1. The first-order valence-corrected chi connectivity index (χ1v) is 6.88. The van der Waals surface area contributed by atoms with Gasteiger partial charge in [-0.15, -0.1) is 0 Å². The molecule has 0 heterocycles. The lowest BCUT2D eigenvalue weighted by Crippen LogP contribution is -2.30. The van der Waals surface area contributed by atoms with Crippen molar-refractivity contribution < 1.29 is 23.8 Å². The number of rotatable bonds is 3. The maximum absolute atomic E-state index is 13.1. The molecule has 0 aliphatic heterocycles. The van der Waals surface area contributed by atoms with Gasteiger partial charge in [-0.1, -0.05) is 0 Å². The number of anilines is 1. The van der Waals surface area contributed by atoms with Gasteiger partial charge in [-0.05, 0) is 37.8 Å². The summed E-state index contributed by atoms with van der Waals surface area (Å²) in [5, 5.41) is 12.1. The quantitative estimate of drug-likeness (QED) is 0.663. The number of hydrogen-bond donors (Lipinski definition) is 2. The van der Waals surface area contributed by atoms with Crippen molar-refractivity contribution in [3.8, 4) is 5.75 Å². The predicted octanol–water partition coefficient (Wildman–Crippen LogP) is 2.45. The fraction of sp³-hybridized carbons (Fsp3) is 0.467. The molecule has 1 aliphatic rings. The van der Waals surface area contributed by atoms with E-state index in [-0.39, 0.29) is 35.1 Å². The summed E-state index contributed by atoms with van der Waals surface area (Å²) in [5.74, 6) is -1.60. The van der Waals surface area contributed by atoms with E-state index in [1.165, 1.54) is 13.2 Å². The summed E-state index contributed by atoms with van der Waals surface area (Å²) < 4.78 is 17.8. The summed E-state index contributed by atoms with van der Waals surface area (Å²) in [6.45, 7) is 0. The Labute approximate surface area is 122 Å². The van der Waals surface area contributed by atoms with Crippen LogP contribution in [0.5, 0.6) is 5.75 Å². The minimum absolute atomic E-state index is 0.0649. The Balaban J connectivity index is 1.93. The summed E-state index contributed by atoms with van der Waals surface area (Å²) in [6.07, 6.45) is 2.34. The highest BCUT2D eigenvalue weighted by Gasteiger charge is 2.30. The van der Waals surface area contributed by atoms with Gasteiger partial charge in [0, 0.05) is 12.0 Å². The van der Waals surface area contributed by atoms with E-state index in [1.54, 1.807) is 0 Å². The number of phenols is 1. The minimum Gasteiger partial charge on any atom is -0.506 e. The van der Waals surface area contributed by atoms with E-state index in [1.807, 2.05) is 0 Å². The molecule has 1 aliphatic carbocycles. The zero-order valence-corrected chi connectivity index (χ0v) is 11.8. The molecule has 2 N–H and O–H groups in total. The smallest absolute Gasteiger partial charge is 0.308 e. The summed E-state index contributed by atoms with van der Waals surface area (Å²) in [7, 11) is 1.36. The number of esters is 1. The number of aromatic hydroxyl groups is 1. The lowest BCUT2D eigenvalue weighted by Gasteiger charge is -2.26. The number of hydrogen-bond acceptors (Lipinski definition) is 4. The Morgan fingerprint density at radius 1 is 1.24 bits per heavy atom. The number of carbonyl (C=O) groups excluding carboxylic acids is 2. The number of ether oxygens (including phenoxy) is 1. The van der Waals surface area contributed by atoms with Gasteiger partial charge in [-0.3, -0.25) is 9.59 Å². The van der Waals surface area contributed by atoms with Crippen LogP contribution in [0, 0.1) is 17.7 Å². The number of amides is 1. The van der Waals surface area contributed by atoms with E-state index in [0.29, 0.717) is 25.7 Å². The van der Waals surface area contributed by atoms with Gasteiger partial charge < -0.3 is 15.2 Å². The van der Waals surface area contributed by atoms with Crippen LogP contribution in [0.25, 0.3) is 0 Å². The van der Waals surface area contributed by atoms with Crippen LogP contribution in [0.3, 0.4) is 0 Å². The average Bonchev–Trinajstić information content (AvgIpc) is 2.50. The summed E-state index contributed by atoms with van der Waals surface area (Å²) in [5.41, 5.74) is 0.0649. The molecule has 0 atom stereocenters. The number of methoxy groups -OCH3 is 1. The molecule has 0 radical (unpaired) electrons. The largest absolute Gasteiger partial charge is 0.506 e. The van der Waals surface area contributed by atoms with E-state index < -0.39 is 5.82 Å². The zero-order valence-electron chi connectivity index (χ0n) is 11.8. The summed E-state index contributed by atoms with van der Waals surface area (Å²) in [4.78, 5) is 23.5. The zero-order chi connectivity index (χ0) is 15.4. The Hall–Kier alpha value is -2.11. The standard InChI is InChI=1S/C15H18FNO4/c1-21-15(20)10-4-2-9(3-5-10)14(19)17-12-8-11(16)6-7-13(12)18/h6-10,18H,2-5H2,1H3,(H,17,19)/t9-,10-. The van der Waals surface area contributed by atoms with Crippen molar-refractivity contribution >= 4 is 17.6 Å². The van der Waals surface area contributed by atoms with Crippen molar-refractivity contribution in [2.24, 2.45) is 11.8 Å². The normalized spacial score (nSPS) is 21.6. The second-order valence-electron chi connectivity index (χ2n) is 5.22. The van der Waals surface area contributed by atoms with Crippen LogP contribution in [0.4, 0.5) is 10.1 Å². The Morgan fingerprint density at radius 2 is 1.86 bits per heavy atom. The first kappa shape index (κ1) is 15.3. The van der Waals surface area contributed by atoms with Gasteiger partial charge in [0.05, 0.1) is 18.7 Å². The molecule has 5 nitrogen and oxygen atoms in total. The number of halogens is 1. The van der Waals surface area contributed by atoms with Gasteiger partial charge in [0.1, 0.15) is 11.6 Å². The first-order valence-electron chi connectivity index (χ1n) is 6.88. The molecule has 0 unspecified atom stereocenters. The second kappa shape index (κ2) is 6.56. The molecule has 21 heavy (non-hydrogen) atoms. The highest BCUT2D eigenvalue weighted by molar-refractivity contribution is 5.94. The van der Waals surface area contributed by atoms with Crippen molar-refractivity contribution in [2.45, 2.75) is 25.7 Å². The summed E-state index contributed by atoms with van der Waals surface area (Å²) >= 11 is 0. The second-order valence-corrected chi connectivity index (χ2v) is 5.22. The average molecular weight is 295 g/mol. The van der Waals surface area contributed by atoms with Crippen molar-refractivity contribution in [1.29, 1.82) is 0 Å². The molecule has 1 saturated carbocycles. The lowest BCUT2D eigenvalue weighted by atomic mass is 9.81. The van der Waals surface area contributed by atoms with Crippen LogP contribution >= 0.6 is 0 Å². The van der Waals surface area contributed by atoms with Crippen LogP contribution in [-0.4, -0.2) is 24.1 Å². The first-order chi connectivity index (χ1) is 10.0. The molecule has 0 bridgehead atoms. The molecule has 6 heteroatoms. The highest BCUT2D eigenvalue weighted by atomic mass is 19.1. The third kappa shape index (κ3) is 3.71. The summed E-state index contributed by atoms with van der Waals surface area (Å²) in [6, 6.07) is 3.39. The molecular weight excluding hydrogens is 277 g/mol. The molecule has 1 fully saturated rings. The van der Waals surface area contributed by atoms with Crippen molar-refractivity contribution in [3.05, 3.63) is 24.0 Å². The van der Waals surface area contributed by atoms with E-state index in [2.05, 4.69) is 5.32 Å². The molecule has 0 aromatic heterocycles. The Kier molecular flexibility index (Phi) is 4.77. The fourth-order valence-electron chi connectivity index (χ4n) is 2.60. The molecule has 1 aromatic rings. The molecule has 0 saturated heterocycles. The van der Waals surface area contributed by atoms with Crippen LogP contribution in [0.1, 0.15) is 25.7 Å². The fourth-order valence-corrected chi connectivity index (χ4v) is 2.60. The molecule has 2 rings (SSSR count). The SMILES string of the molecule is COC(=O)[C@H]1CC[C@H](C(=O)Nc2cc(F)ccc2O)CC1. The van der Waals surface area contributed by atoms with E-state index in [0.717, 1.165) is 12.1 Å². The number of phenolic OH excluding ortho intramolecular Hbond substituents is 1. The van der Waals surface area contributed by atoms with Crippen molar-refractivity contribution in [1.82, 2.24) is 0 Å². The lowest BCUT2D eigenvalue weighted by molar-refractivity contribution is -0.147. The van der Waals surface area contributed by atoms with Crippen LogP contribution in [0.2, 0.25) is 0 Å². The van der Waals surface area contributed by atoms with Gasteiger partial charge in [0.2, 0.25) is 5.91 Å². The Morgan fingerprint density at radius 3 is 2.48 bits per heavy atom. The third-order valence-corrected chi connectivity index (χ3v) is 3.85. The molecular formula is C15H18FNO4. The number of nitrogens with one attached hydrogen (secondary N) is 1. The molecule has 1 aromatic carbocycles. The van der Waals surface area contributed by atoms with Crippen LogP contribution in [-0.2, 0) is 14.3 Å². The van der Waals surface area contributed by atoms with Crippen molar-refractivity contribution in [2.75, 3.05) is 12.4 Å². The van der Waals surface area contributed by atoms with Gasteiger partial charge in [-0.25, -0.2) is 4.39 Å². The van der Waals surface area contributed by atoms with E-state index >= 15 is 0 Å². The van der Waals surface area contributed by atoms with Crippen molar-refractivity contribution in [3.63, 3.8) is 0 Å². The topological polar surface area (TPSA) is 75.6 Å². The molecule has 114 valence electrons. The van der Waals surface area contributed by atoms with Gasteiger partial charge in [0.25, 0.3) is 0 Å². The van der Waals surface area contributed by atoms with Crippen LogP contribution in [0.15, 0.2) is 18.2 Å².